The number of nitrogens with zero attached hydrogens (tertiary/aromatic N) is 2. The number of nitrogens with one attached hydrogen (secondary N) is 1. The zero-order valence-electron chi connectivity index (χ0n) is 14.9. The van der Waals surface area contributed by atoms with E-state index in [-0.39, 0.29) is 5.91 Å². The first-order valence-electron chi connectivity index (χ1n) is 9.00. The maximum Gasteiger partial charge on any atom is 0.233 e. The van der Waals surface area contributed by atoms with Crippen LogP contribution >= 0.6 is 11.8 Å². The van der Waals surface area contributed by atoms with E-state index in [0.717, 1.165) is 27.7 Å². The molecule has 0 unspecified atom stereocenters. The van der Waals surface area contributed by atoms with Crippen molar-refractivity contribution in [3.8, 4) is 22.5 Å². The number of aromatic amines is 1. The Labute approximate surface area is 162 Å². The third kappa shape index (κ3) is 4.23. The SMILES string of the molecule is O=C(CSc1nc(-c2ccccc2)c(-c2ccccc2)[nH]1)N1CCOCC1. The van der Waals surface area contributed by atoms with Gasteiger partial charge in [0.1, 0.15) is 0 Å². The Morgan fingerprint density at radius 3 is 2.30 bits per heavy atom. The number of morpholine rings is 1. The predicted molar refractivity (Wildman–Crippen MR) is 108 cm³/mol. The molecular weight excluding hydrogens is 358 g/mol. The van der Waals surface area contributed by atoms with E-state index in [0.29, 0.717) is 32.1 Å². The van der Waals surface area contributed by atoms with Crippen LogP contribution in [0.3, 0.4) is 0 Å². The average Bonchev–Trinajstić information content (AvgIpc) is 3.18. The Hall–Kier alpha value is -2.57. The van der Waals surface area contributed by atoms with Gasteiger partial charge in [0.2, 0.25) is 5.91 Å². The van der Waals surface area contributed by atoms with Crippen molar-refractivity contribution in [3.05, 3.63) is 60.7 Å². The Morgan fingerprint density at radius 2 is 1.63 bits per heavy atom. The summed E-state index contributed by atoms with van der Waals surface area (Å²) in [4.78, 5) is 22.5. The van der Waals surface area contributed by atoms with E-state index in [1.165, 1.54) is 11.8 Å². The number of hydrogen-bond donors (Lipinski definition) is 1. The topological polar surface area (TPSA) is 58.2 Å². The number of ether oxygens (including phenoxy) is 1. The summed E-state index contributed by atoms with van der Waals surface area (Å²) in [7, 11) is 0. The van der Waals surface area contributed by atoms with Gasteiger partial charge in [0.25, 0.3) is 0 Å². The van der Waals surface area contributed by atoms with Crippen LogP contribution in [-0.4, -0.2) is 52.8 Å². The van der Waals surface area contributed by atoms with E-state index in [1.807, 2.05) is 41.3 Å². The van der Waals surface area contributed by atoms with Gasteiger partial charge in [0.05, 0.1) is 30.4 Å². The van der Waals surface area contributed by atoms with E-state index in [4.69, 9.17) is 9.72 Å². The fourth-order valence-corrected chi connectivity index (χ4v) is 3.85. The molecule has 0 aliphatic carbocycles. The van der Waals surface area contributed by atoms with Gasteiger partial charge in [-0.25, -0.2) is 4.98 Å². The second kappa shape index (κ2) is 8.41. The highest BCUT2D eigenvalue weighted by molar-refractivity contribution is 7.99. The molecule has 0 spiro atoms. The lowest BCUT2D eigenvalue weighted by molar-refractivity contribution is -0.132. The van der Waals surface area contributed by atoms with E-state index < -0.39 is 0 Å². The Bertz CT molecular complexity index is 833. The molecule has 1 aliphatic rings. The molecule has 27 heavy (non-hydrogen) atoms. The third-order valence-corrected chi connectivity index (χ3v) is 5.35. The van der Waals surface area contributed by atoms with E-state index in [9.17, 15) is 4.79 Å². The second-order valence-electron chi connectivity index (χ2n) is 6.28. The average molecular weight is 379 g/mol. The van der Waals surface area contributed by atoms with Crippen LogP contribution in [0.25, 0.3) is 22.5 Å². The van der Waals surface area contributed by atoms with Gasteiger partial charge >= 0.3 is 0 Å². The number of aromatic nitrogens is 2. The number of amides is 1. The summed E-state index contributed by atoms with van der Waals surface area (Å²) in [6.07, 6.45) is 0. The summed E-state index contributed by atoms with van der Waals surface area (Å²) < 4.78 is 5.31. The standard InChI is InChI=1S/C21H21N3O2S/c25-18(24-11-13-26-14-12-24)15-27-21-22-19(16-7-3-1-4-8-16)20(23-21)17-9-5-2-6-10-17/h1-10H,11-15H2,(H,22,23). The summed E-state index contributed by atoms with van der Waals surface area (Å²) in [5.41, 5.74) is 4.01. The van der Waals surface area contributed by atoms with Crippen LogP contribution in [0, 0.1) is 0 Å². The molecule has 6 heteroatoms. The zero-order valence-corrected chi connectivity index (χ0v) is 15.7. The number of H-pyrrole nitrogens is 1. The Kier molecular flexibility index (Phi) is 5.55. The van der Waals surface area contributed by atoms with Gasteiger partial charge < -0.3 is 14.6 Å². The molecule has 1 saturated heterocycles. The van der Waals surface area contributed by atoms with Crippen molar-refractivity contribution in [2.45, 2.75) is 5.16 Å². The van der Waals surface area contributed by atoms with Crippen molar-refractivity contribution >= 4 is 17.7 Å². The second-order valence-corrected chi connectivity index (χ2v) is 7.24. The molecule has 1 aromatic heterocycles. The van der Waals surface area contributed by atoms with Gasteiger partial charge in [-0.3, -0.25) is 4.79 Å². The van der Waals surface area contributed by atoms with Crippen molar-refractivity contribution in [3.63, 3.8) is 0 Å². The molecule has 5 nitrogen and oxygen atoms in total. The largest absolute Gasteiger partial charge is 0.378 e. The lowest BCUT2D eigenvalue weighted by atomic mass is 10.1. The van der Waals surface area contributed by atoms with Crippen LogP contribution in [0.1, 0.15) is 0 Å². The molecule has 1 amide bonds. The molecule has 2 aromatic carbocycles. The molecule has 4 rings (SSSR count). The third-order valence-electron chi connectivity index (χ3n) is 4.49. The van der Waals surface area contributed by atoms with Crippen LogP contribution in [0.2, 0.25) is 0 Å². The number of carbonyl (C=O) groups excluding carboxylic acids is 1. The highest BCUT2D eigenvalue weighted by Gasteiger charge is 2.19. The van der Waals surface area contributed by atoms with E-state index in [2.05, 4.69) is 29.2 Å². The number of carbonyl (C=O) groups is 1. The first kappa shape index (κ1) is 17.8. The Morgan fingerprint density at radius 1 is 1.00 bits per heavy atom. The van der Waals surface area contributed by atoms with Crippen molar-refractivity contribution in [2.75, 3.05) is 32.1 Å². The monoisotopic (exact) mass is 379 g/mol. The maximum absolute atomic E-state index is 12.4. The van der Waals surface area contributed by atoms with E-state index >= 15 is 0 Å². The minimum absolute atomic E-state index is 0.127. The predicted octanol–water partition coefficient (Wildman–Crippen LogP) is 3.69. The van der Waals surface area contributed by atoms with Crippen molar-refractivity contribution in [2.24, 2.45) is 0 Å². The molecular formula is C21H21N3O2S. The molecule has 1 fully saturated rings. The quantitative estimate of drug-likeness (QED) is 0.687. The van der Waals surface area contributed by atoms with E-state index in [1.54, 1.807) is 0 Å². The lowest BCUT2D eigenvalue weighted by Crippen LogP contribution is -2.41. The van der Waals surface area contributed by atoms with Crippen molar-refractivity contribution in [1.82, 2.24) is 14.9 Å². The molecule has 2 heterocycles. The van der Waals surface area contributed by atoms with Crippen molar-refractivity contribution in [1.29, 1.82) is 0 Å². The number of imidazole rings is 1. The molecule has 3 aromatic rings. The number of hydrogen-bond acceptors (Lipinski definition) is 4. The fourth-order valence-electron chi connectivity index (χ4n) is 3.07. The number of thioether (sulfide) groups is 1. The van der Waals surface area contributed by atoms with Crippen LogP contribution in [0.5, 0.6) is 0 Å². The van der Waals surface area contributed by atoms with Gasteiger partial charge in [-0.1, -0.05) is 72.4 Å². The maximum atomic E-state index is 12.4. The first-order chi connectivity index (χ1) is 13.3. The van der Waals surface area contributed by atoms with Gasteiger partial charge in [-0.15, -0.1) is 0 Å². The van der Waals surface area contributed by atoms with Crippen LogP contribution in [0.15, 0.2) is 65.8 Å². The highest BCUT2D eigenvalue weighted by atomic mass is 32.2. The number of rotatable bonds is 5. The summed E-state index contributed by atoms with van der Waals surface area (Å²) in [6.45, 7) is 2.57. The van der Waals surface area contributed by atoms with Gasteiger partial charge in [-0.2, -0.15) is 0 Å². The summed E-state index contributed by atoms with van der Waals surface area (Å²) >= 11 is 1.45. The normalized spacial score (nSPS) is 14.3. The van der Waals surface area contributed by atoms with Crippen molar-refractivity contribution < 1.29 is 9.53 Å². The fraction of sp³-hybridized carbons (Fsp3) is 0.238. The zero-order chi connectivity index (χ0) is 18.5. The minimum atomic E-state index is 0.127. The minimum Gasteiger partial charge on any atom is -0.378 e. The molecule has 1 aliphatic heterocycles. The molecule has 0 radical (unpaired) electrons. The van der Waals surface area contributed by atoms with Crippen LogP contribution in [0.4, 0.5) is 0 Å². The van der Waals surface area contributed by atoms with Crippen LogP contribution < -0.4 is 0 Å². The number of benzene rings is 2. The van der Waals surface area contributed by atoms with Gasteiger partial charge in [-0.05, 0) is 0 Å². The summed E-state index contributed by atoms with van der Waals surface area (Å²) in [5.74, 6) is 0.498. The summed E-state index contributed by atoms with van der Waals surface area (Å²) in [5, 5.41) is 0.759. The first-order valence-corrected chi connectivity index (χ1v) is 9.99. The smallest absolute Gasteiger partial charge is 0.233 e. The van der Waals surface area contributed by atoms with Gasteiger partial charge in [0, 0.05) is 24.2 Å². The lowest BCUT2D eigenvalue weighted by Gasteiger charge is -2.26. The van der Waals surface area contributed by atoms with Crippen LogP contribution in [-0.2, 0) is 9.53 Å². The molecule has 1 N–H and O–H groups in total. The highest BCUT2D eigenvalue weighted by Crippen LogP contribution is 2.32. The molecule has 138 valence electrons. The molecule has 0 saturated carbocycles. The Balaban J connectivity index is 1.57. The molecule has 0 atom stereocenters. The van der Waals surface area contributed by atoms with Gasteiger partial charge in [0.15, 0.2) is 5.16 Å². The summed E-state index contributed by atoms with van der Waals surface area (Å²) in [6, 6.07) is 20.3. The molecule has 0 bridgehead atoms.